The number of aliphatic hydroxyl groups is 1. The average molecular weight is 409 g/mol. The van der Waals surface area contributed by atoms with Gasteiger partial charge < -0.3 is 15.2 Å². The first-order chi connectivity index (χ1) is 14.7. The zero-order valence-corrected chi connectivity index (χ0v) is 17.2. The Kier molecular flexibility index (Phi) is 6.25. The van der Waals surface area contributed by atoms with Crippen molar-refractivity contribution >= 4 is 22.7 Å². The lowest BCUT2D eigenvalue weighted by Crippen LogP contribution is -2.26. The molecule has 0 saturated carbocycles. The zero-order chi connectivity index (χ0) is 20.9. The number of aliphatic hydroxyl groups excluding tert-OH is 1. The molecule has 0 spiro atoms. The van der Waals surface area contributed by atoms with Crippen LogP contribution < -0.4 is 10.1 Å². The fraction of sp³-hybridized carbons (Fsp3) is 0.409. The minimum absolute atomic E-state index is 0.0386. The topological polar surface area (TPSA) is 91.5 Å². The van der Waals surface area contributed by atoms with E-state index in [1.165, 1.54) is 18.9 Å². The van der Waals surface area contributed by atoms with Gasteiger partial charge in [0.1, 0.15) is 6.61 Å². The third kappa shape index (κ3) is 4.44. The third-order valence-corrected chi connectivity index (χ3v) is 5.28. The van der Waals surface area contributed by atoms with Gasteiger partial charge in [0.25, 0.3) is 5.88 Å². The standard InChI is InChI=1S/C22H27N5O3/c1-16-14-18(17(15-20(16)29)23-7-12-28)24-21-19-6-2-3-10-27(19)25-22(21)30-13-11-26-8-4-5-9-26/h2-3,6,10,14-15,23,28H,4-5,7-9,11-13H2,1H3/b24-18+. The van der Waals surface area contributed by atoms with Crippen LogP contribution in [0, 0.1) is 0 Å². The smallest absolute Gasteiger partial charge is 0.260 e. The molecule has 3 heterocycles. The molecule has 0 atom stereocenters. The average Bonchev–Trinajstić information content (AvgIpc) is 3.38. The van der Waals surface area contributed by atoms with Crippen molar-refractivity contribution < 1.29 is 14.6 Å². The third-order valence-electron chi connectivity index (χ3n) is 5.28. The lowest BCUT2D eigenvalue weighted by Gasteiger charge is -2.16. The second-order valence-corrected chi connectivity index (χ2v) is 7.48. The van der Waals surface area contributed by atoms with E-state index in [-0.39, 0.29) is 12.4 Å². The van der Waals surface area contributed by atoms with Crippen molar-refractivity contribution in [3.63, 3.8) is 0 Å². The number of allylic oxidation sites excluding steroid dienone is 3. The lowest BCUT2D eigenvalue weighted by molar-refractivity contribution is -0.111. The largest absolute Gasteiger partial charge is 0.474 e. The number of fused-ring (bicyclic) bond motifs is 1. The maximum Gasteiger partial charge on any atom is 0.260 e. The molecule has 8 nitrogen and oxygen atoms in total. The van der Waals surface area contributed by atoms with Crippen molar-refractivity contribution in [3.05, 3.63) is 47.8 Å². The van der Waals surface area contributed by atoms with E-state index in [1.807, 2.05) is 24.4 Å². The monoisotopic (exact) mass is 409 g/mol. The number of nitrogens with one attached hydrogen (secondary N) is 1. The molecule has 1 aliphatic heterocycles. The Labute approximate surface area is 175 Å². The van der Waals surface area contributed by atoms with Crippen molar-refractivity contribution in [2.45, 2.75) is 19.8 Å². The van der Waals surface area contributed by atoms with E-state index in [4.69, 9.17) is 14.8 Å². The summed E-state index contributed by atoms with van der Waals surface area (Å²) in [5.41, 5.74) is 3.26. The summed E-state index contributed by atoms with van der Waals surface area (Å²) < 4.78 is 7.79. The van der Waals surface area contributed by atoms with Gasteiger partial charge in [-0.05, 0) is 56.6 Å². The number of nitrogens with zero attached hydrogens (tertiary/aromatic N) is 4. The SMILES string of the molecule is CC1=C/C(=N\c2c(OCCN3CCCC3)nn3ccccc23)C(NCCO)=CC1=O. The van der Waals surface area contributed by atoms with Crippen molar-refractivity contribution in [2.24, 2.45) is 4.99 Å². The molecule has 2 aromatic heterocycles. The predicted octanol–water partition coefficient (Wildman–Crippen LogP) is 1.88. The van der Waals surface area contributed by atoms with E-state index < -0.39 is 0 Å². The van der Waals surface area contributed by atoms with Gasteiger partial charge in [-0.15, -0.1) is 5.10 Å². The molecule has 2 N–H and O–H groups in total. The maximum atomic E-state index is 12.1. The molecule has 0 amide bonds. The number of hydrogen-bond acceptors (Lipinski definition) is 7. The van der Waals surface area contributed by atoms with Gasteiger partial charge in [0, 0.05) is 25.4 Å². The number of rotatable bonds is 8. The van der Waals surface area contributed by atoms with Gasteiger partial charge in [-0.1, -0.05) is 6.07 Å². The van der Waals surface area contributed by atoms with Crippen molar-refractivity contribution in [2.75, 3.05) is 39.4 Å². The molecule has 0 radical (unpaired) electrons. The number of carbonyl (C=O) groups is 1. The van der Waals surface area contributed by atoms with Crippen LogP contribution in [-0.4, -0.2) is 70.5 Å². The Morgan fingerprint density at radius 3 is 2.90 bits per heavy atom. The van der Waals surface area contributed by atoms with E-state index in [2.05, 4.69) is 15.3 Å². The highest BCUT2D eigenvalue weighted by molar-refractivity contribution is 6.22. The van der Waals surface area contributed by atoms with Crippen molar-refractivity contribution in [1.29, 1.82) is 0 Å². The molecule has 4 rings (SSSR count). The molecule has 30 heavy (non-hydrogen) atoms. The Morgan fingerprint density at radius 2 is 2.10 bits per heavy atom. The molecule has 8 heteroatoms. The molecule has 2 aliphatic rings. The van der Waals surface area contributed by atoms with E-state index in [0.717, 1.165) is 25.2 Å². The van der Waals surface area contributed by atoms with Crippen LogP contribution in [0.3, 0.4) is 0 Å². The minimum atomic E-state index is -0.0728. The summed E-state index contributed by atoms with van der Waals surface area (Å²) in [5, 5.41) is 16.8. The molecule has 2 aromatic rings. The molecule has 1 fully saturated rings. The number of ether oxygens (including phenoxy) is 1. The quantitative estimate of drug-likeness (QED) is 0.647. The van der Waals surface area contributed by atoms with E-state index in [9.17, 15) is 4.79 Å². The van der Waals surface area contributed by atoms with Gasteiger partial charge in [0.2, 0.25) is 0 Å². The molecule has 0 unspecified atom stereocenters. The Bertz CT molecular complexity index is 1010. The highest BCUT2D eigenvalue weighted by atomic mass is 16.5. The summed E-state index contributed by atoms with van der Waals surface area (Å²) in [6.07, 6.45) is 7.62. The number of aliphatic imine (C=N–C) groups is 1. The molecular weight excluding hydrogens is 382 g/mol. The summed E-state index contributed by atoms with van der Waals surface area (Å²) >= 11 is 0. The predicted molar refractivity (Wildman–Crippen MR) is 115 cm³/mol. The molecule has 0 aromatic carbocycles. The second-order valence-electron chi connectivity index (χ2n) is 7.48. The van der Waals surface area contributed by atoms with Crippen molar-refractivity contribution in [3.8, 4) is 5.88 Å². The van der Waals surface area contributed by atoms with Crippen LogP contribution in [-0.2, 0) is 4.79 Å². The van der Waals surface area contributed by atoms with Crippen LogP contribution in [0.1, 0.15) is 19.8 Å². The second kappa shape index (κ2) is 9.23. The maximum absolute atomic E-state index is 12.1. The van der Waals surface area contributed by atoms with Gasteiger partial charge in [0.15, 0.2) is 11.5 Å². The zero-order valence-electron chi connectivity index (χ0n) is 17.2. The van der Waals surface area contributed by atoms with Crippen LogP contribution >= 0.6 is 0 Å². The minimum Gasteiger partial charge on any atom is -0.474 e. The first-order valence-corrected chi connectivity index (χ1v) is 10.4. The summed E-state index contributed by atoms with van der Waals surface area (Å²) in [6.45, 7) is 5.70. The fourth-order valence-corrected chi connectivity index (χ4v) is 3.66. The van der Waals surface area contributed by atoms with Gasteiger partial charge in [-0.2, -0.15) is 0 Å². The van der Waals surface area contributed by atoms with Crippen LogP contribution in [0.4, 0.5) is 5.69 Å². The molecule has 0 bridgehead atoms. The van der Waals surface area contributed by atoms with Gasteiger partial charge in [0.05, 0.1) is 23.5 Å². The fourth-order valence-electron chi connectivity index (χ4n) is 3.66. The van der Waals surface area contributed by atoms with Gasteiger partial charge >= 0.3 is 0 Å². The van der Waals surface area contributed by atoms with Crippen LogP contribution in [0.2, 0.25) is 0 Å². The van der Waals surface area contributed by atoms with Gasteiger partial charge in [-0.3, -0.25) is 9.69 Å². The lowest BCUT2D eigenvalue weighted by atomic mass is 10.0. The Morgan fingerprint density at radius 1 is 1.27 bits per heavy atom. The van der Waals surface area contributed by atoms with Crippen LogP contribution in [0.15, 0.2) is 52.8 Å². The van der Waals surface area contributed by atoms with Crippen LogP contribution in [0.25, 0.3) is 5.52 Å². The van der Waals surface area contributed by atoms with E-state index in [0.29, 0.717) is 41.7 Å². The van der Waals surface area contributed by atoms with Crippen molar-refractivity contribution in [1.82, 2.24) is 19.8 Å². The highest BCUT2D eigenvalue weighted by Gasteiger charge is 2.20. The van der Waals surface area contributed by atoms with Gasteiger partial charge in [-0.25, -0.2) is 9.51 Å². The molecule has 158 valence electrons. The highest BCUT2D eigenvalue weighted by Crippen LogP contribution is 2.33. The summed E-state index contributed by atoms with van der Waals surface area (Å²) in [4.78, 5) is 19.3. The van der Waals surface area contributed by atoms with Crippen LogP contribution in [0.5, 0.6) is 5.88 Å². The van der Waals surface area contributed by atoms with E-state index in [1.54, 1.807) is 17.5 Å². The number of aromatic nitrogens is 2. The molecule has 1 saturated heterocycles. The normalized spacial score (nSPS) is 18.7. The summed E-state index contributed by atoms with van der Waals surface area (Å²) in [6, 6.07) is 5.78. The number of carbonyl (C=O) groups excluding carboxylic acids is 1. The number of ketones is 1. The molecule has 1 aliphatic carbocycles. The number of likely N-dealkylation sites (tertiary alicyclic amines) is 1. The Hall–Kier alpha value is -2.97. The first kappa shape index (κ1) is 20.3. The number of pyridine rings is 1. The van der Waals surface area contributed by atoms with E-state index >= 15 is 0 Å². The summed E-state index contributed by atoms with van der Waals surface area (Å²) in [5.74, 6) is 0.397. The number of hydrogen-bond donors (Lipinski definition) is 2. The molecular formula is C22H27N5O3. The Balaban J connectivity index is 1.65. The summed E-state index contributed by atoms with van der Waals surface area (Å²) in [7, 11) is 0. The first-order valence-electron chi connectivity index (χ1n) is 10.4.